The minimum atomic E-state index is 0.733. The number of hydrogen-bond donors (Lipinski definition) is 1. The zero-order chi connectivity index (χ0) is 12.8. The molecule has 18 heavy (non-hydrogen) atoms. The lowest BCUT2D eigenvalue weighted by Crippen LogP contribution is -2.16. The summed E-state index contributed by atoms with van der Waals surface area (Å²) >= 11 is 0. The molecular formula is C14H22N2O2. The third kappa shape index (κ3) is 3.81. The molecular weight excluding hydrogens is 228 g/mol. The van der Waals surface area contributed by atoms with Gasteiger partial charge >= 0.3 is 0 Å². The van der Waals surface area contributed by atoms with E-state index in [2.05, 4.69) is 24.3 Å². The molecule has 1 aliphatic heterocycles. The van der Waals surface area contributed by atoms with Crippen LogP contribution in [0.2, 0.25) is 0 Å². The molecule has 0 amide bonds. The quantitative estimate of drug-likeness (QED) is 0.812. The van der Waals surface area contributed by atoms with E-state index in [1.165, 1.54) is 0 Å². The Morgan fingerprint density at radius 2 is 1.94 bits per heavy atom. The van der Waals surface area contributed by atoms with Crippen LogP contribution in [0.3, 0.4) is 0 Å². The molecule has 0 fully saturated rings. The third-order valence-electron chi connectivity index (χ3n) is 2.86. The molecule has 0 aliphatic carbocycles. The number of fused-ring (bicyclic) bond motifs is 1. The first-order chi connectivity index (χ1) is 8.75. The summed E-state index contributed by atoms with van der Waals surface area (Å²) in [6, 6.07) is 6.05. The summed E-state index contributed by atoms with van der Waals surface area (Å²) in [6.07, 6.45) is 2.07. The van der Waals surface area contributed by atoms with Gasteiger partial charge in [0.05, 0.1) is 13.2 Å². The van der Waals surface area contributed by atoms with Crippen molar-refractivity contribution >= 4 is 5.69 Å². The standard InChI is InChI=1S/C14H22N2O2/c1-16(2)8-3-7-15-12-5-6-13-14(11-12)18-10-4-9-17-13/h5-6,11,15H,3-4,7-10H2,1-2H3. The highest BCUT2D eigenvalue weighted by atomic mass is 16.5. The summed E-state index contributed by atoms with van der Waals surface area (Å²) in [7, 11) is 4.18. The van der Waals surface area contributed by atoms with E-state index in [9.17, 15) is 0 Å². The van der Waals surface area contributed by atoms with Crippen molar-refractivity contribution < 1.29 is 9.47 Å². The average Bonchev–Trinajstić information content (AvgIpc) is 2.59. The van der Waals surface area contributed by atoms with Crippen LogP contribution in [0.15, 0.2) is 18.2 Å². The first-order valence-electron chi connectivity index (χ1n) is 6.54. The number of ether oxygens (including phenoxy) is 2. The summed E-state index contributed by atoms with van der Waals surface area (Å²) in [5, 5.41) is 3.41. The van der Waals surface area contributed by atoms with E-state index in [1.54, 1.807) is 0 Å². The molecule has 1 aromatic rings. The van der Waals surface area contributed by atoms with E-state index in [0.717, 1.165) is 56.3 Å². The smallest absolute Gasteiger partial charge is 0.163 e. The van der Waals surface area contributed by atoms with Crippen molar-refractivity contribution in [3.63, 3.8) is 0 Å². The van der Waals surface area contributed by atoms with Crippen LogP contribution in [0, 0.1) is 0 Å². The zero-order valence-electron chi connectivity index (χ0n) is 11.2. The number of hydrogen-bond acceptors (Lipinski definition) is 4. The highest BCUT2D eigenvalue weighted by Crippen LogP contribution is 2.32. The Labute approximate surface area is 109 Å². The Kier molecular flexibility index (Phi) is 4.70. The minimum absolute atomic E-state index is 0.733. The van der Waals surface area contributed by atoms with Crippen LogP contribution in [-0.2, 0) is 0 Å². The fraction of sp³-hybridized carbons (Fsp3) is 0.571. The van der Waals surface area contributed by atoms with E-state index in [-0.39, 0.29) is 0 Å². The summed E-state index contributed by atoms with van der Waals surface area (Å²) in [4.78, 5) is 2.19. The van der Waals surface area contributed by atoms with Crippen molar-refractivity contribution in [2.45, 2.75) is 12.8 Å². The van der Waals surface area contributed by atoms with Gasteiger partial charge in [0.25, 0.3) is 0 Å². The first kappa shape index (κ1) is 13.0. The van der Waals surface area contributed by atoms with Crippen LogP contribution in [-0.4, -0.2) is 45.3 Å². The molecule has 0 saturated heterocycles. The average molecular weight is 250 g/mol. The maximum Gasteiger partial charge on any atom is 0.163 e. The lowest BCUT2D eigenvalue weighted by molar-refractivity contribution is 0.297. The highest BCUT2D eigenvalue weighted by Gasteiger charge is 2.10. The van der Waals surface area contributed by atoms with Crippen LogP contribution in [0.4, 0.5) is 5.69 Å². The van der Waals surface area contributed by atoms with Gasteiger partial charge in [0.1, 0.15) is 0 Å². The maximum absolute atomic E-state index is 5.66. The van der Waals surface area contributed by atoms with Crippen LogP contribution in [0.5, 0.6) is 11.5 Å². The summed E-state index contributed by atoms with van der Waals surface area (Å²) in [5.41, 5.74) is 1.10. The molecule has 0 unspecified atom stereocenters. The lowest BCUT2D eigenvalue weighted by atomic mass is 10.2. The van der Waals surface area contributed by atoms with E-state index in [0.29, 0.717) is 0 Å². The van der Waals surface area contributed by atoms with Gasteiger partial charge in [-0.1, -0.05) is 0 Å². The number of nitrogens with one attached hydrogen (secondary N) is 1. The summed E-state index contributed by atoms with van der Waals surface area (Å²) in [5.74, 6) is 1.71. The molecule has 0 saturated carbocycles. The molecule has 1 N–H and O–H groups in total. The molecule has 1 heterocycles. The van der Waals surface area contributed by atoms with Crippen LogP contribution >= 0.6 is 0 Å². The van der Waals surface area contributed by atoms with Crippen molar-refractivity contribution in [2.75, 3.05) is 45.7 Å². The third-order valence-corrected chi connectivity index (χ3v) is 2.86. The van der Waals surface area contributed by atoms with Gasteiger partial charge in [-0.15, -0.1) is 0 Å². The SMILES string of the molecule is CN(C)CCCNc1ccc2c(c1)OCCCO2. The second-order valence-corrected chi connectivity index (χ2v) is 4.80. The molecule has 0 atom stereocenters. The number of benzene rings is 1. The van der Waals surface area contributed by atoms with Crippen molar-refractivity contribution in [1.82, 2.24) is 4.90 Å². The van der Waals surface area contributed by atoms with Gasteiger partial charge in [-0.25, -0.2) is 0 Å². The van der Waals surface area contributed by atoms with Gasteiger partial charge in [-0.3, -0.25) is 0 Å². The summed E-state index contributed by atoms with van der Waals surface area (Å²) in [6.45, 7) is 3.54. The lowest BCUT2D eigenvalue weighted by Gasteiger charge is -2.12. The molecule has 2 rings (SSSR count). The predicted molar refractivity (Wildman–Crippen MR) is 73.7 cm³/mol. The van der Waals surface area contributed by atoms with Gasteiger partial charge in [-0.05, 0) is 39.2 Å². The van der Waals surface area contributed by atoms with Crippen LogP contribution in [0.1, 0.15) is 12.8 Å². The molecule has 0 aromatic heterocycles. The number of anilines is 1. The number of rotatable bonds is 5. The molecule has 100 valence electrons. The van der Waals surface area contributed by atoms with E-state index < -0.39 is 0 Å². The van der Waals surface area contributed by atoms with Crippen molar-refractivity contribution in [3.05, 3.63) is 18.2 Å². The van der Waals surface area contributed by atoms with Crippen molar-refractivity contribution in [1.29, 1.82) is 0 Å². The van der Waals surface area contributed by atoms with Gasteiger partial charge < -0.3 is 19.7 Å². The zero-order valence-corrected chi connectivity index (χ0v) is 11.2. The van der Waals surface area contributed by atoms with Crippen LogP contribution < -0.4 is 14.8 Å². The monoisotopic (exact) mass is 250 g/mol. The Hall–Kier alpha value is -1.42. The normalized spacial score (nSPS) is 14.4. The maximum atomic E-state index is 5.66. The largest absolute Gasteiger partial charge is 0.490 e. The van der Waals surface area contributed by atoms with Gasteiger partial charge in [-0.2, -0.15) is 0 Å². The van der Waals surface area contributed by atoms with Crippen molar-refractivity contribution in [3.8, 4) is 11.5 Å². The Balaban J connectivity index is 1.88. The first-order valence-corrected chi connectivity index (χ1v) is 6.54. The minimum Gasteiger partial charge on any atom is -0.490 e. The van der Waals surface area contributed by atoms with Crippen LogP contribution in [0.25, 0.3) is 0 Å². The molecule has 1 aromatic carbocycles. The van der Waals surface area contributed by atoms with Gasteiger partial charge in [0.2, 0.25) is 0 Å². The summed E-state index contributed by atoms with van der Waals surface area (Å²) < 4.78 is 11.3. The van der Waals surface area contributed by atoms with Gasteiger partial charge in [0.15, 0.2) is 11.5 Å². The molecule has 0 spiro atoms. The molecule has 0 radical (unpaired) electrons. The highest BCUT2D eigenvalue weighted by molar-refractivity contribution is 5.54. The molecule has 4 nitrogen and oxygen atoms in total. The Morgan fingerprint density at radius 1 is 1.17 bits per heavy atom. The van der Waals surface area contributed by atoms with Crippen molar-refractivity contribution in [2.24, 2.45) is 0 Å². The second-order valence-electron chi connectivity index (χ2n) is 4.80. The second kappa shape index (κ2) is 6.50. The predicted octanol–water partition coefficient (Wildman–Crippen LogP) is 2.21. The van der Waals surface area contributed by atoms with E-state index in [4.69, 9.17) is 9.47 Å². The van der Waals surface area contributed by atoms with Gasteiger partial charge in [0, 0.05) is 24.7 Å². The molecule has 1 aliphatic rings. The topological polar surface area (TPSA) is 33.7 Å². The van der Waals surface area contributed by atoms with E-state index in [1.807, 2.05) is 18.2 Å². The fourth-order valence-corrected chi connectivity index (χ4v) is 1.90. The Bertz CT molecular complexity index is 380. The number of nitrogens with zero attached hydrogens (tertiary/aromatic N) is 1. The Morgan fingerprint density at radius 3 is 2.72 bits per heavy atom. The molecule has 4 heteroatoms. The molecule has 0 bridgehead atoms. The van der Waals surface area contributed by atoms with E-state index >= 15 is 0 Å². The fourth-order valence-electron chi connectivity index (χ4n) is 1.90.